The summed E-state index contributed by atoms with van der Waals surface area (Å²) in [5.74, 6) is -0.431. The fourth-order valence-electron chi connectivity index (χ4n) is 4.93. The van der Waals surface area contributed by atoms with Crippen molar-refractivity contribution in [3.8, 4) is 5.75 Å². The lowest BCUT2D eigenvalue weighted by molar-refractivity contribution is -0.137. The number of anilines is 2. The number of hydrogen-bond acceptors (Lipinski definition) is 6. The molecule has 248 valence electrons. The molecule has 3 aromatic rings. The molecular formula is C31H34ClF3N4O6S. The molecule has 3 N–H and O–H groups in total. The van der Waals surface area contributed by atoms with Crippen molar-refractivity contribution in [2.24, 2.45) is 5.92 Å². The zero-order valence-electron chi connectivity index (χ0n) is 25.2. The van der Waals surface area contributed by atoms with Gasteiger partial charge in [0.15, 0.2) is 0 Å². The predicted octanol–water partition coefficient (Wildman–Crippen LogP) is 5.47. The first-order valence-corrected chi connectivity index (χ1v) is 16.1. The minimum Gasteiger partial charge on any atom is -0.488 e. The highest BCUT2D eigenvalue weighted by molar-refractivity contribution is 7.89. The summed E-state index contributed by atoms with van der Waals surface area (Å²) >= 11 is 5.93. The van der Waals surface area contributed by atoms with Crippen LogP contribution in [0.3, 0.4) is 0 Å². The van der Waals surface area contributed by atoms with Crippen molar-refractivity contribution < 1.29 is 41.0 Å². The van der Waals surface area contributed by atoms with Crippen molar-refractivity contribution >= 4 is 44.9 Å². The van der Waals surface area contributed by atoms with E-state index < -0.39 is 39.9 Å². The third-order valence-corrected chi connectivity index (χ3v) is 9.67. The minimum atomic E-state index is -4.58. The molecule has 0 aliphatic carbocycles. The number of aliphatic hydroxyl groups excluding tert-OH is 1. The largest absolute Gasteiger partial charge is 0.488 e. The number of halogens is 4. The molecule has 3 aromatic carbocycles. The average molecular weight is 683 g/mol. The number of nitrogens with one attached hydrogen (secondary N) is 2. The first kappa shape index (κ1) is 35.0. The zero-order valence-corrected chi connectivity index (χ0v) is 26.8. The SMILES string of the molecule is C[C@H]1CN([C@@H](C)CO)C(=O)Cc2cc(NC(=O)Nc3cccc(C(F)(F)F)c3)ccc2O[C@H]1CN(C)S(=O)(=O)c1ccc(Cl)cc1. The van der Waals surface area contributed by atoms with Gasteiger partial charge in [0.2, 0.25) is 15.9 Å². The van der Waals surface area contributed by atoms with Gasteiger partial charge in [-0.1, -0.05) is 24.6 Å². The van der Waals surface area contributed by atoms with Crippen LogP contribution in [0.25, 0.3) is 0 Å². The number of carbonyl (C=O) groups excluding carboxylic acids is 2. The second kappa shape index (κ2) is 14.3. The zero-order chi connectivity index (χ0) is 33.8. The molecule has 0 bridgehead atoms. The van der Waals surface area contributed by atoms with E-state index in [1.807, 2.05) is 6.92 Å². The Morgan fingerprint density at radius 1 is 1.11 bits per heavy atom. The van der Waals surface area contributed by atoms with Crippen molar-refractivity contribution in [2.45, 2.75) is 43.5 Å². The molecule has 10 nitrogen and oxygen atoms in total. The van der Waals surface area contributed by atoms with E-state index in [4.69, 9.17) is 16.3 Å². The van der Waals surface area contributed by atoms with Crippen LogP contribution >= 0.6 is 11.6 Å². The number of aliphatic hydroxyl groups is 1. The van der Waals surface area contributed by atoms with Crippen LogP contribution in [0.5, 0.6) is 5.75 Å². The minimum absolute atomic E-state index is 0.0420. The highest BCUT2D eigenvalue weighted by Crippen LogP contribution is 2.32. The summed E-state index contributed by atoms with van der Waals surface area (Å²) in [4.78, 5) is 27.7. The maximum atomic E-state index is 13.5. The quantitative estimate of drug-likeness (QED) is 0.289. The molecule has 0 saturated carbocycles. The molecule has 0 spiro atoms. The van der Waals surface area contributed by atoms with Crippen LogP contribution in [0.2, 0.25) is 5.02 Å². The highest BCUT2D eigenvalue weighted by atomic mass is 35.5. The molecule has 15 heteroatoms. The van der Waals surface area contributed by atoms with E-state index in [-0.39, 0.29) is 60.0 Å². The summed E-state index contributed by atoms with van der Waals surface area (Å²) in [5, 5.41) is 15.2. The number of alkyl halides is 3. The summed E-state index contributed by atoms with van der Waals surface area (Å²) in [7, 11) is -2.51. The number of fused-ring (bicyclic) bond motifs is 1. The molecule has 3 atom stereocenters. The number of ether oxygens (including phenoxy) is 1. The number of benzene rings is 3. The second-order valence-corrected chi connectivity index (χ2v) is 13.6. The Hall–Kier alpha value is -3.85. The second-order valence-electron chi connectivity index (χ2n) is 11.1. The van der Waals surface area contributed by atoms with Gasteiger partial charge in [-0.25, -0.2) is 13.2 Å². The van der Waals surface area contributed by atoms with E-state index in [9.17, 15) is 36.3 Å². The lowest BCUT2D eigenvalue weighted by atomic mass is 10.0. The lowest BCUT2D eigenvalue weighted by Crippen LogP contribution is -2.48. The highest BCUT2D eigenvalue weighted by Gasteiger charge is 2.34. The van der Waals surface area contributed by atoms with Gasteiger partial charge in [-0.2, -0.15) is 17.5 Å². The van der Waals surface area contributed by atoms with Gasteiger partial charge in [0.05, 0.1) is 36.1 Å². The van der Waals surface area contributed by atoms with Crippen LogP contribution in [0.1, 0.15) is 25.0 Å². The molecule has 0 unspecified atom stereocenters. The van der Waals surface area contributed by atoms with E-state index in [1.165, 1.54) is 66.5 Å². The third-order valence-electron chi connectivity index (χ3n) is 7.58. The maximum absolute atomic E-state index is 13.5. The van der Waals surface area contributed by atoms with Crippen LogP contribution < -0.4 is 15.4 Å². The van der Waals surface area contributed by atoms with Gasteiger partial charge in [0.1, 0.15) is 11.9 Å². The number of hydrogen-bond donors (Lipinski definition) is 3. The van der Waals surface area contributed by atoms with Gasteiger partial charge >= 0.3 is 12.2 Å². The fourth-order valence-corrected chi connectivity index (χ4v) is 6.24. The van der Waals surface area contributed by atoms with Crippen molar-refractivity contribution in [2.75, 3.05) is 37.4 Å². The molecule has 4 rings (SSSR count). The Morgan fingerprint density at radius 3 is 2.39 bits per heavy atom. The summed E-state index contributed by atoms with van der Waals surface area (Å²) in [6.45, 7) is 3.28. The van der Waals surface area contributed by atoms with Crippen LogP contribution in [-0.4, -0.2) is 73.6 Å². The molecule has 1 aliphatic rings. The van der Waals surface area contributed by atoms with Gasteiger partial charge in [0.25, 0.3) is 0 Å². The molecule has 0 fully saturated rings. The summed E-state index contributed by atoms with van der Waals surface area (Å²) < 4.78 is 73.4. The number of likely N-dealkylation sites (N-methyl/N-ethyl adjacent to an activating group) is 1. The lowest BCUT2D eigenvalue weighted by Gasteiger charge is -2.33. The van der Waals surface area contributed by atoms with Gasteiger partial charge in [0, 0.05) is 41.5 Å². The van der Waals surface area contributed by atoms with Crippen molar-refractivity contribution in [1.82, 2.24) is 9.21 Å². The van der Waals surface area contributed by atoms with Crippen molar-refractivity contribution in [3.05, 3.63) is 82.9 Å². The van der Waals surface area contributed by atoms with Gasteiger partial charge in [-0.3, -0.25) is 4.79 Å². The fraction of sp³-hybridized carbons (Fsp3) is 0.355. The summed E-state index contributed by atoms with van der Waals surface area (Å²) in [5.41, 5.74) is -0.390. The number of amides is 3. The Bertz CT molecular complexity index is 1670. The van der Waals surface area contributed by atoms with E-state index >= 15 is 0 Å². The van der Waals surface area contributed by atoms with Crippen molar-refractivity contribution in [3.63, 3.8) is 0 Å². The first-order valence-electron chi connectivity index (χ1n) is 14.3. The normalized spacial score (nSPS) is 18.1. The van der Waals surface area contributed by atoms with Gasteiger partial charge in [-0.05, 0) is 67.6 Å². The Morgan fingerprint density at radius 2 is 1.76 bits per heavy atom. The molecule has 46 heavy (non-hydrogen) atoms. The molecule has 1 heterocycles. The number of sulfonamides is 1. The van der Waals surface area contributed by atoms with Crippen LogP contribution in [0, 0.1) is 5.92 Å². The maximum Gasteiger partial charge on any atom is 0.416 e. The monoisotopic (exact) mass is 682 g/mol. The van der Waals surface area contributed by atoms with E-state index in [0.717, 1.165) is 16.4 Å². The van der Waals surface area contributed by atoms with Crippen LogP contribution in [0.15, 0.2) is 71.6 Å². The van der Waals surface area contributed by atoms with Crippen molar-refractivity contribution in [1.29, 1.82) is 0 Å². The van der Waals surface area contributed by atoms with E-state index in [0.29, 0.717) is 10.6 Å². The molecule has 0 aromatic heterocycles. The molecule has 0 radical (unpaired) electrons. The topological polar surface area (TPSA) is 128 Å². The van der Waals surface area contributed by atoms with Crippen LogP contribution in [-0.2, 0) is 27.4 Å². The number of urea groups is 1. The molecule has 1 aliphatic heterocycles. The Kier molecular flexibility index (Phi) is 10.9. The summed E-state index contributed by atoms with van der Waals surface area (Å²) in [6, 6.07) is 13.1. The number of carbonyl (C=O) groups is 2. The standard InChI is InChI=1S/C31H34ClF3N4O6S/c1-19-16-39(20(2)18-40)29(41)14-21-13-25(37-30(42)36-24-6-4-5-22(15-24)31(33,34)35)9-12-27(21)45-28(19)17-38(3)46(43,44)26-10-7-23(32)8-11-26/h4-13,15,19-20,28,40H,14,16-18H2,1-3H3,(H2,36,37,42)/t19-,20-,28-/m0/s1. The smallest absolute Gasteiger partial charge is 0.416 e. The molecule has 0 saturated heterocycles. The first-order chi connectivity index (χ1) is 21.6. The number of rotatable bonds is 8. The number of nitrogens with zero attached hydrogens (tertiary/aromatic N) is 2. The molecular weight excluding hydrogens is 649 g/mol. The molecule has 3 amide bonds. The Labute approximate surface area is 270 Å². The Balaban J connectivity index is 1.60. The third kappa shape index (κ3) is 8.49. The van der Waals surface area contributed by atoms with E-state index in [1.54, 1.807) is 6.92 Å². The average Bonchev–Trinajstić information content (AvgIpc) is 3.04. The van der Waals surface area contributed by atoms with Crippen LogP contribution in [0.4, 0.5) is 29.3 Å². The predicted molar refractivity (Wildman–Crippen MR) is 167 cm³/mol. The summed E-state index contributed by atoms with van der Waals surface area (Å²) in [6.07, 6.45) is -5.49. The van der Waals surface area contributed by atoms with Gasteiger partial charge < -0.3 is 25.4 Å². The van der Waals surface area contributed by atoms with Gasteiger partial charge in [-0.15, -0.1) is 0 Å². The van der Waals surface area contributed by atoms with E-state index in [2.05, 4.69) is 10.6 Å².